The predicted molar refractivity (Wildman–Crippen MR) is 76.6 cm³/mol. The van der Waals surface area contributed by atoms with Crippen molar-refractivity contribution in [3.63, 3.8) is 0 Å². The van der Waals surface area contributed by atoms with Gasteiger partial charge in [0.25, 0.3) is 0 Å². The second kappa shape index (κ2) is 6.26. The summed E-state index contributed by atoms with van der Waals surface area (Å²) in [5.74, 6) is 2.55. The Morgan fingerprint density at radius 2 is 1.89 bits per heavy atom. The van der Waals surface area contributed by atoms with Crippen molar-refractivity contribution >= 4 is 0 Å². The molecule has 2 atom stereocenters. The van der Waals surface area contributed by atoms with Gasteiger partial charge in [0, 0.05) is 6.04 Å². The van der Waals surface area contributed by atoms with E-state index in [0.717, 1.165) is 23.6 Å². The van der Waals surface area contributed by atoms with Crippen LogP contribution < -0.4 is 20.5 Å². The minimum atomic E-state index is 0.00303. The molecular formula is C15H24N2O2. The van der Waals surface area contributed by atoms with E-state index in [-0.39, 0.29) is 6.04 Å². The molecule has 3 N–H and O–H groups in total. The summed E-state index contributed by atoms with van der Waals surface area (Å²) in [6, 6.07) is 6.02. The highest BCUT2D eigenvalue weighted by molar-refractivity contribution is 5.44. The fourth-order valence-corrected chi connectivity index (χ4v) is 2.53. The van der Waals surface area contributed by atoms with Crippen molar-refractivity contribution < 1.29 is 9.47 Å². The number of rotatable bonds is 5. The smallest absolute Gasteiger partial charge is 0.161 e. The van der Waals surface area contributed by atoms with Crippen LogP contribution in [0, 0.1) is 11.8 Å². The topological polar surface area (TPSA) is 56.5 Å². The number of benzene rings is 1. The van der Waals surface area contributed by atoms with Crippen molar-refractivity contribution in [3.8, 4) is 11.5 Å². The largest absolute Gasteiger partial charge is 0.486 e. The summed E-state index contributed by atoms with van der Waals surface area (Å²) >= 11 is 0. The van der Waals surface area contributed by atoms with Crippen molar-refractivity contribution in [2.45, 2.75) is 19.9 Å². The molecule has 106 valence electrons. The lowest BCUT2D eigenvalue weighted by Gasteiger charge is -2.28. The first-order valence-electron chi connectivity index (χ1n) is 6.93. The van der Waals surface area contributed by atoms with Gasteiger partial charge in [0.05, 0.1) is 0 Å². The molecule has 4 nitrogen and oxygen atoms in total. The summed E-state index contributed by atoms with van der Waals surface area (Å²) in [4.78, 5) is 0. The monoisotopic (exact) mass is 264 g/mol. The van der Waals surface area contributed by atoms with Crippen LogP contribution in [0.3, 0.4) is 0 Å². The Bertz CT molecular complexity index is 421. The van der Waals surface area contributed by atoms with Crippen LogP contribution in [0.4, 0.5) is 0 Å². The Labute approximate surface area is 115 Å². The van der Waals surface area contributed by atoms with E-state index in [2.05, 4.69) is 19.2 Å². The molecule has 1 aromatic carbocycles. The average molecular weight is 264 g/mol. The maximum atomic E-state index is 6.42. The molecule has 0 fully saturated rings. The molecule has 2 unspecified atom stereocenters. The van der Waals surface area contributed by atoms with Crippen molar-refractivity contribution in [2.24, 2.45) is 17.6 Å². The number of nitrogens with one attached hydrogen (secondary N) is 1. The summed E-state index contributed by atoms with van der Waals surface area (Å²) in [5, 5.41) is 3.23. The first-order chi connectivity index (χ1) is 9.13. The number of fused-ring (bicyclic) bond motifs is 1. The van der Waals surface area contributed by atoms with Crippen molar-refractivity contribution in [3.05, 3.63) is 23.8 Å². The molecule has 0 radical (unpaired) electrons. The second-order valence-corrected chi connectivity index (χ2v) is 5.39. The lowest BCUT2D eigenvalue weighted by Crippen LogP contribution is -2.33. The quantitative estimate of drug-likeness (QED) is 0.853. The molecule has 1 aromatic rings. The molecule has 1 aliphatic heterocycles. The average Bonchev–Trinajstić information content (AvgIpc) is 2.43. The molecule has 0 saturated carbocycles. The van der Waals surface area contributed by atoms with Gasteiger partial charge in [-0.05, 0) is 43.1 Å². The zero-order valence-corrected chi connectivity index (χ0v) is 12.0. The Kier molecular flexibility index (Phi) is 4.66. The van der Waals surface area contributed by atoms with Crippen LogP contribution in [0.2, 0.25) is 0 Å². The van der Waals surface area contributed by atoms with E-state index >= 15 is 0 Å². The minimum Gasteiger partial charge on any atom is -0.486 e. The van der Waals surface area contributed by atoms with Gasteiger partial charge in [0.1, 0.15) is 13.2 Å². The Morgan fingerprint density at radius 3 is 2.53 bits per heavy atom. The third kappa shape index (κ3) is 3.19. The Balaban J connectivity index is 2.20. The molecule has 0 amide bonds. The van der Waals surface area contributed by atoms with Gasteiger partial charge >= 0.3 is 0 Å². The van der Waals surface area contributed by atoms with Crippen molar-refractivity contribution in [1.29, 1.82) is 0 Å². The number of hydrogen-bond donors (Lipinski definition) is 2. The lowest BCUT2D eigenvalue weighted by molar-refractivity contribution is 0.171. The molecule has 0 spiro atoms. The highest BCUT2D eigenvalue weighted by Crippen LogP contribution is 2.34. The third-order valence-corrected chi connectivity index (χ3v) is 3.71. The van der Waals surface area contributed by atoms with Gasteiger partial charge in [0.2, 0.25) is 0 Å². The van der Waals surface area contributed by atoms with Gasteiger partial charge in [-0.2, -0.15) is 0 Å². The molecule has 1 aliphatic rings. The summed E-state index contributed by atoms with van der Waals surface area (Å²) in [7, 11) is 1.96. The highest BCUT2D eigenvalue weighted by Gasteiger charge is 2.23. The SMILES string of the molecule is CNCC(C(C)C)C(N)c1ccc2c(c1)OCCO2. The molecule has 19 heavy (non-hydrogen) atoms. The zero-order chi connectivity index (χ0) is 13.8. The van der Waals surface area contributed by atoms with E-state index in [1.54, 1.807) is 0 Å². The van der Waals surface area contributed by atoms with Crippen LogP contribution in [-0.4, -0.2) is 26.8 Å². The van der Waals surface area contributed by atoms with Crippen molar-refractivity contribution in [2.75, 3.05) is 26.8 Å². The number of ether oxygens (including phenoxy) is 2. The molecule has 1 heterocycles. The fraction of sp³-hybridized carbons (Fsp3) is 0.600. The van der Waals surface area contributed by atoms with E-state index in [1.807, 2.05) is 25.2 Å². The summed E-state index contributed by atoms with van der Waals surface area (Å²) in [5.41, 5.74) is 7.53. The van der Waals surface area contributed by atoms with Crippen LogP contribution in [-0.2, 0) is 0 Å². The van der Waals surface area contributed by atoms with Gasteiger partial charge in [-0.15, -0.1) is 0 Å². The van der Waals surface area contributed by atoms with Crippen LogP contribution in [0.15, 0.2) is 18.2 Å². The first-order valence-corrected chi connectivity index (χ1v) is 6.93. The summed E-state index contributed by atoms with van der Waals surface area (Å²) < 4.78 is 11.2. The molecule has 0 aliphatic carbocycles. The molecular weight excluding hydrogens is 240 g/mol. The van der Waals surface area contributed by atoms with Gasteiger partial charge < -0.3 is 20.5 Å². The molecule has 2 rings (SSSR count). The standard InChI is InChI=1S/C15H24N2O2/c1-10(2)12(9-17-3)15(16)11-4-5-13-14(8-11)19-7-6-18-13/h4-5,8,10,12,15,17H,6-7,9,16H2,1-3H3. The Hall–Kier alpha value is -1.26. The normalized spacial score (nSPS) is 17.3. The summed E-state index contributed by atoms with van der Waals surface area (Å²) in [6.45, 7) is 6.55. The summed E-state index contributed by atoms with van der Waals surface area (Å²) in [6.07, 6.45) is 0. The lowest BCUT2D eigenvalue weighted by atomic mass is 9.85. The van der Waals surface area contributed by atoms with Gasteiger partial charge in [-0.3, -0.25) is 0 Å². The van der Waals surface area contributed by atoms with E-state index in [1.165, 1.54) is 0 Å². The van der Waals surface area contributed by atoms with Crippen molar-refractivity contribution in [1.82, 2.24) is 5.32 Å². The third-order valence-electron chi connectivity index (χ3n) is 3.71. The fourth-order valence-electron chi connectivity index (χ4n) is 2.53. The van der Waals surface area contributed by atoms with E-state index in [4.69, 9.17) is 15.2 Å². The van der Waals surface area contributed by atoms with Gasteiger partial charge in [0.15, 0.2) is 11.5 Å². The van der Waals surface area contributed by atoms with Crippen LogP contribution in [0.25, 0.3) is 0 Å². The van der Waals surface area contributed by atoms with Crippen LogP contribution in [0.1, 0.15) is 25.5 Å². The second-order valence-electron chi connectivity index (χ2n) is 5.39. The Morgan fingerprint density at radius 1 is 1.21 bits per heavy atom. The molecule has 4 heteroatoms. The van der Waals surface area contributed by atoms with Crippen LogP contribution in [0.5, 0.6) is 11.5 Å². The zero-order valence-electron chi connectivity index (χ0n) is 12.0. The number of hydrogen-bond acceptors (Lipinski definition) is 4. The van der Waals surface area contributed by atoms with Gasteiger partial charge in [-0.25, -0.2) is 0 Å². The minimum absolute atomic E-state index is 0.00303. The maximum absolute atomic E-state index is 6.42. The maximum Gasteiger partial charge on any atom is 0.161 e. The predicted octanol–water partition coefficient (Wildman–Crippen LogP) is 1.95. The van der Waals surface area contributed by atoms with Gasteiger partial charge in [-0.1, -0.05) is 19.9 Å². The number of nitrogens with two attached hydrogens (primary N) is 1. The first kappa shape index (κ1) is 14.2. The van der Waals surface area contributed by atoms with E-state index in [9.17, 15) is 0 Å². The molecule has 0 saturated heterocycles. The highest BCUT2D eigenvalue weighted by atomic mass is 16.6. The molecule has 0 aromatic heterocycles. The van der Waals surface area contributed by atoms with Crippen LogP contribution >= 0.6 is 0 Å². The molecule has 0 bridgehead atoms. The van der Waals surface area contributed by atoms with E-state index in [0.29, 0.717) is 25.0 Å². The van der Waals surface area contributed by atoms with E-state index < -0.39 is 0 Å².